The van der Waals surface area contributed by atoms with Gasteiger partial charge in [0.1, 0.15) is 0 Å². The van der Waals surface area contributed by atoms with Gasteiger partial charge in [0.15, 0.2) is 0 Å². The molecule has 0 fully saturated rings. The smallest absolute Gasteiger partial charge is 0.261 e. The second-order valence-corrected chi connectivity index (χ2v) is 5.69. The highest BCUT2D eigenvalue weighted by atomic mass is 16.2. The fraction of sp³-hybridized carbons (Fsp3) is 0.438. The number of amides is 3. The van der Waals surface area contributed by atoms with Crippen LogP contribution >= 0.6 is 0 Å². The van der Waals surface area contributed by atoms with Crippen LogP contribution in [0.5, 0.6) is 0 Å². The number of benzene rings is 1. The topological polar surface area (TPSA) is 60.9 Å². The molecule has 0 atom stereocenters. The van der Waals surface area contributed by atoms with Crippen molar-refractivity contribution in [1.82, 2.24) is 14.7 Å². The Morgan fingerprint density at radius 1 is 1.05 bits per heavy atom. The van der Waals surface area contributed by atoms with Gasteiger partial charge < -0.3 is 4.90 Å². The predicted octanol–water partition coefficient (Wildman–Crippen LogP) is 0.693. The maximum atomic E-state index is 12.2. The third-order valence-electron chi connectivity index (χ3n) is 3.70. The summed E-state index contributed by atoms with van der Waals surface area (Å²) >= 11 is 0. The van der Waals surface area contributed by atoms with Crippen LogP contribution in [0.25, 0.3) is 0 Å². The SMILES string of the molecule is CN(CCCN1C(=O)c2ccccc2C1=O)CC(=O)N(C)C. The van der Waals surface area contributed by atoms with Gasteiger partial charge in [-0.15, -0.1) is 0 Å². The van der Waals surface area contributed by atoms with Gasteiger partial charge in [0.25, 0.3) is 11.8 Å². The van der Waals surface area contributed by atoms with Crippen molar-refractivity contribution in [2.45, 2.75) is 6.42 Å². The van der Waals surface area contributed by atoms with Crippen molar-refractivity contribution in [3.05, 3.63) is 35.4 Å². The molecule has 1 aromatic rings. The number of imide groups is 1. The summed E-state index contributed by atoms with van der Waals surface area (Å²) in [6.45, 7) is 1.34. The van der Waals surface area contributed by atoms with Gasteiger partial charge >= 0.3 is 0 Å². The van der Waals surface area contributed by atoms with Gasteiger partial charge in [0, 0.05) is 27.2 Å². The van der Waals surface area contributed by atoms with Gasteiger partial charge in [0.2, 0.25) is 5.91 Å². The molecule has 0 saturated carbocycles. The normalized spacial score (nSPS) is 13.7. The molecule has 1 aliphatic rings. The van der Waals surface area contributed by atoms with E-state index < -0.39 is 0 Å². The Kier molecular flexibility index (Phi) is 4.92. The molecule has 0 radical (unpaired) electrons. The summed E-state index contributed by atoms with van der Waals surface area (Å²) in [5.41, 5.74) is 0.951. The number of hydrogen-bond acceptors (Lipinski definition) is 4. The van der Waals surface area contributed by atoms with E-state index in [1.165, 1.54) is 4.90 Å². The Morgan fingerprint density at radius 3 is 2.09 bits per heavy atom. The lowest BCUT2D eigenvalue weighted by Gasteiger charge is -2.20. The molecular formula is C16H21N3O3. The standard InChI is InChI=1S/C16H21N3O3/c1-17(2)14(20)11-18(3)9-6-10-19-15(21)12-7-4-5-8-13(12)16(19)22/h4-5,7-8H,6,9-11H2,1-3H3. The summed E-state index contributed by atoms with van der Waals surface area (Å²) in [7, 11) is 5.29. The number of hydrogen-bond donors (Lipinski definition) is 0. The summed E-state index contributed by atoms with van der Waals surface area (Å²) in [4.78, 5) is 40.7. The predicted molar refractivity (Wildman–Crippen MR) is 82.6 cm³/mol. The molecule has 0 unspecified atom stereocenters. The van der Waals surface area contributed by atoms with E-state index >= 15 is 0 Å². The van der Waals surface area contributed by atoms with Crippen molar-refractivity contribution in [2.24, 2.45) is 0 Å². The van der Waals surface area contributed by atoms with Crippen LogP contribution in [0, 0.1) is 0 Å². The summed E-state index contributed by atoms with van der Waals surface area (Å²) in [5, 5.41) is 0. The van der Waals surface area contributed by atoms with E-state index in [2.05, 4.69) is 0 Å². The lowest BCUT2D eigenvalue weighted by Crippen LogP contribution is -2.37. The third kappa shape index (κ3) is 3.33. The molecule has 0 aromatic heterocycles. The Labute approximate surface area is 130 Å². The second kappa shape index (κ2) is 6.70. The largest absolute Gasteiger partial charge is 0.348 e. The van der Waals surface area contributed by atoms with Crippen molar-refractivity contribution >= 4 is 17.7 Å². The van der Waals surface area contributed by atoms with E-state index in [1.54, 1.807) is 43.3 Å². The maximum absolute atomic E-state index is 12.2. The summed E-state index contributed by atoms with van der Waals surface area (Å²) in [6.07, 6.45) is 0.642. The van der Waals surface area contributed by atoms with Crippen molar-refractivity contribution in [3.63, 3.8) is 0 Å². The Hall–Kier alpha value is -2.21. The van der Waals surface area contributed by atoms with Crippen LogP contribution < -0.4 is 0 Å². The molecule has 6 nitrogen and oxygen atoms in total. The van der Waals surface area contributed by atoms with Crippen LogP contribution in [0.15, 0.2) is 24.3 Å². The fourth-order valence-corrected chi connectivity index (χ4v) is 2.39. The molecule has 0 N–H and O–H groups in total. The lowest BCUT2D eigenvalue weighted by molar-refractivity contribution is -0.129. The van der Waals surface area contributed by atoms with Crippen LogP contribution in [-0.4, -0.2) is 73.2 Å². The minimum atomic E-state index is -0.229. The van der Waals surface area contributed by atoms with Crippen LogP contribution in [0.1, 0.15) is 27.1 Å². The van der Waals surface area contributed by atoms with E-state index in [0.717, 1.165) is 0 Å². The number of fused-ring (bicyclic) bond motifs is 1. The molecule has 22 heavy (non-hydrogen) atoms. The molecule has 3 amide bonds. The van der Waals surface area contributed by atoms with Gasteiger partial charge in [-0.25, -0.2) is 0 Å². The quantitative estimate of drug-likeness (QED) is 0.726. The first-order chi connectivity index (χ1) is 10.4. The highest BCUT2D eigenvalue weighted by molar-refractivity contribution is 6.21. The molecule has 6 heteroatoms. The van der Waals surface area contributed by atoms with E-state index in [1.807, 2.05) is 11.9 Å². The molecule has 118 valence electrons. The van der Waals surface area contributed by atoms with Crippen LogP contribution in [0.2, 0.25) is 0 Å². The molecule has 0 saturated heterocycles. The van der Waals surface area contributed by atoms with E-state index in [0.29, 0.717) is 37.2 Å². The zero-order valence-electron chi connectivity index (χ0n) is 13.2. The van der Waals surface area contributed by atoms with E-state index in [-0.39, 0.29) is 17.7 Å². The zero-order valence-corrected chi connectivity index (χ0v) is 13.2. The highest BCUT2D eigenvalue weighted by Gasteiger charge is 2.34. The molecule has 0 aliphatic carbocycles. The van der Waals surface area contributed by atoms with Crippen molar-refractivity contribution in [3.8, 4) is 0 Å². The summed E-state index contributed by atoms with van der Waals surface area (Å²) in [6, 6.07) is 6.87. The number of rotatable bonds is 6. The first-order valence-corrected chi connectivity index (χ1v) is 7.25. The van der Waals surface area contributed by atoms with Crippen LogP contribution in [0.4, 0.5) is 0 Å². The van der Waals surface area contributed by atoms with Gasteiger partial charge in [-0.05, 0) is 25.6 Å². The highest BCUT2D eigenvalue weighted by Crippen LogP contribution is 2.22. The first-order valence-electron chi connectivity index (χ1n) is 7.25. The third-order valence-corrected chi connectivity index (χ3v) is 3.70. The van der Waals surface area contributed by atoms with Crippen LogP contribution in [0.3, 0.4) is 0 Å². The lowest BCUT2D eigenvalue weighted by atomic mass is 10.1. The molecule has 1 aromatic carbocycles. The van der Waals surface area contributed by atoms with Crippen LogP contribution in [-0.2, 0) is 4.79 Å². The monoisotopic (exact) mass is 303 g/mol. The Balaban J connectivity index is 1.85. The summed E-state index contributed by atoms with van der Waals surface area (Å²) in [5.74, 6) is -0.427. The van der Waals surface area contributed by atoms with Gasteiger partial charge in [-0.1, -0.05) is 12.1 Å². The number of nitrogens with zero attached hydrogens (tertiary/aromatic N) is 3. The molecule has 2 rings (SSSR count). The minimum absolute atomic E-state index is 0.0308. The fourth-order valence-electron chi connectivity index (χ4n) is 2.39. The van der Waals surface area contributed by atoms with Crippen molar-refractivity contribution in [2.75, 3.05) is 40.8 Å². The average molecular weight is 303 g/mol. The Morgan fingerprint density at radius 2 is 1.59 bits per heavy atom. The van der Waals surface area contributed by atoms with Crippen molar-refractivity contribution in [1.29, 1.82) is 0 Å². The molecule has 1 aliphatic heterocycles. The van der Waals surface area contributed by atoms with Crippen molar-refractivity contribution < 1.29 is 14.4 Å². The molecule has 0 spiro atoms. The van der Waals surface area contributed by atoms with Gasteiger partial charge in [0.05, 0.1) is 17.7 Å². The maximum Gasteiger partial charge on any atom is 0.261 e. The second-order valence-electron chi connectivity index (χ2n) is 5.69. The molecular weight excluding hydrogens is 282 g/mol. The average Bonchev–Trinajstić information content (AvgIpc) is 2.72. The Bertz CT molecular complexity index is 563. The zero-order chi connectivity index (χ0) is 16.3. The number of carbonyl (C=O) groups is 3. The number of likely N-dealkylation sites (N-methyl/N-ethyl adjacent to an activating group) is 2. The molecule has 0 bridgehead atoms. The first kappa shape index (κ1) is 16.2. The number of carbonyl (C=O) groups excluding carboxylic acids is 3. The minimum Gasteiger partial charge on any atom is -0.348 e. The van der Waals surface area contributed by atoms with Gasteiger partial charge in [-0.3, -0.25) is 24.2 Å². The van der Waals surface area contributed by atoms with E-state index in [4.69, 9.17) is 0 Å². The molecule has 1 heterocycles. The van der Waals surface area contributed by atoms with Gasteiger partial charge in [-0.2, -0.15) is 0 Å². The summed E-state index contributed by atoms with van der Waals surface area (Å²) < 4.78 is 0. The van der Waals surface area contributed by atoms with E-state index in [9.17, 15) is 14.4 Å².